The number of piperidine rings is 1. The number of likely N-dealkylation sites (tertiary alicyclic amines) is 1. The molecular formula is C15H22F2N2O. The fraction of sp³-hybridized carbons (Fsp3) is 0.933. The van der Waals surface area contributed by atoms with Gasteiger partial charge in [0.15, 0.2) is 0 Å². The predicted molar refractivity (Wildman–Crippen MR) is 70.1 cm³/mol. The highest BCUT2D eigenvalue weighted by Crippen LogP contribution is 2.66. The average molecular weight is 284 g/mol. The van der Waals surface area contributed by atoms with Crippen LogP contribution in [0.2, 0.25) is 0 Å². The van der Waals surface area contributed by atoms with Crippen molar-refractivity contribution in [1.29, 1.82) is 0 Å². The van der Waals surface area contributed by atoms with Gasteiger partial charge in [0.05, 0.1) is 0 Å². The second kappa shape index (κ2) is 3.93. The lowest BCUT2D eigenvalue weighted by Crippen LogP contribution is -2.44. The van der Waals surface area contributed by atoms with Gasteiger partial charge in [-0.15, -0.1) is 0 Å². The maximum Gasteiger partial charge on any atom is 0.254 e. The molecule has 4 aliphatic rings. The Hall–Kier alpha value is -0.710. The van der Waals surface area contributed by atoms with E-state index in [1.165, 1.54) is 0 Å². The molecule has 1 heterocycles. The van der Waals surface area contributed by atoms with Crippen molar-refractivity contribution in [3.05, 3.63) is 0 Å². The molecule has 112 valence electrons. The van der Waals surface area contributed by atoms with E-state index < -0.39 is 11.3 Å². The summed E-state index contributed by atoms with van der Waals surface area (Å²) < 4.78 is 26.7. The van der Waals surface area contributed by atoms with Crippen molar-refractivity contribution in [2.75, 3.05) is 13.1 Å². The van der Waals surface area contributed by atoms with Gasteiger partial charge in [-0.25, -0.2) is 8.78 Å². The van der Waals surface area contributed by atoms with E-state index in [9.17, 15) is 13.6 Å². The summed E-state index contributed by atoms with van der Waals surface area (Å²) in [5.74, 6) is -0.991. The minimum Gasteiger partial charge on any atom is -0.342 e. The largest absolute Gasteiger partial charge is 0.342 e. The van der Waals surface area contributed by atoms with Gasteiger partial charge < -0.3 is 10.6 Å². The molecule has 0 radical (unpaired) electrons. The van der Waals surface area contributed by atoms with E-state index in [0.717, 1.165) is 19.3 Å². The molecule has 3 nitrogen and oxygen atoms in total. The van der Waals surface area contributed by atoms with Gasteiger partial charge in [0, 0.05) is 36.9 Å². The predicted octanol–water partition coefficient (Wildman–Crippen LogP) is 2.01. The Morgan fingerprint density at radius 2 is 1.80 bits per heavy atom. The van der Waals surface area contributed by atoms with E-state index in [0.29, 0.717) is 37.8 Å². The van der Waals surface area contributed by atoms with Crippen LogP contribution < -0.4 is 5.73 Å². The van der Waals surface area contributed by atoms with Gasteiger partial charge in [-0.1, -0.05) is 0 Å². The van der Waals surface area contributed by atoms with Crippen LogP contribution in [0.3, 0.4) is 0 Å². The first kappa shape index (κ1) is 13.0. The third-order valence-electron chi connectivity index (χ3n) is 6.47. The van der Waals surface area contributed by atoms with E-state index in [2.05, 4.69) is 0 Å². The normalized spacial score (nSPS) is 44.0. The zero-order chi connectivity index (χ0) is 14.1. The lowest BCUT2D eigenvalue weighted by Gasteiger charge is -2.37. The summed E-state index contributed by atoms with van der Waals surface area (Å²) in [6.45, 7) is 1.04. The Balaban J connectivity index is 1.35. The lowest BCUT2D eigenvalue weighted by molar-refractivity contribution is -0.137. The van der Waals surface area contributed by atoms with Crippen molar-refractivity contribution < 1.29 is 13.6 Å². The molecule has 5 heteroatoms. The highest BCUT2D eigenvalue weighted by atomic mass is 19.3. The maximum absolute atomic E-state index is 13.3. The Kier molecular flexibility index (Phi) is 2.55. The zero-order valence-corrected chi connectivity index (χ0v) is 11.7. The second-order valence-electron chi connectivity index (χ2n) is 7.48. The fourth-order valence-corrected chi connectivity index (χ4v) is 4.82. The first-order valence-electron chi connectivity index (χ1n) is 7.84. The molecule has 1 saturated heterocycles. The van der Waals surface area contributed by atoms with Gasteiger partial charge in [-0.3, -0.25) is 4.79 Å². The second-order valence-corrected chi connectivity index (χ2v) is 7.48. The van der Waals surface area contributed by atoms with E-state index in [4.69, 9.17) is 5.73 Å². The van der Waals surface area contributed by atoms with Crippen LogP contribution in [0.25, 0.3) is 0 Å². The molecule has 3 aliphatic carbocycles. The Labute approximate surface area is 117 Å². The van der Waals surface area contributed by atoms with Crippen molar-refractivity contribution in [3.63, 3.8) is 0 Å². The van der Waals surface area contributed by atoms with Gasteiger partial charge in [-0.2, -0.15) is 0 Å². The summed E-state index contributed by atoms with van der Waals surface area (Å²) in [5, 5.41) is 0. The number of carbonyl (C=O) groups excluding carboxylic acids is 1. The molecule has 1 aliphatic heterocycles. The number of nitrogens with zero attached hydrogens (tertiary/aromatic N) is 1. The van der Waals surface area contributed by atoms with Crippen LogP contribution in [0.1, 0.15) is 38.5 Å². The van der Waals surface area contributed by atoms with E-state index in [1.807, 2.05) is 4.90 Å². The van der Waals surface area contributed by atoms with Gasteiger partial charge in [0.1, 0.15) is 0 Å². The molecule has 4 rings (SSSR count). The van der Waals surface area contributed by atoms with Gasteiger partial charge in [0.25, 0.3) is 5.92 Å². The van der Waals surface area contributed by atoms with Crippen molar-refractivity contribution in [3.8, 4) is 0 Å². The molecular weight excluding hydrogens is 262 g/mol. The molecule has 1 amide bonds. The van der Waals surface area contributed by atoms with E-state index >= 15 is 0 Å². The van der Waals surface area contributed by atoms with Gasteiger partial charge in [-0.05, 0) is 43.9 Å². The number of amides is 1. The summed E-state index contributed by atoms with van der Waals surface area (Å²) in [5.41, 5.74) is 5.21. The quantitative estimate of drug-likeness (QED) is 0.800. The summed E-state index contributed by atoms with van der Waals surface area (Å²) in [6.07, 6.45) is 3.93. The molecule has 1 unspecified atom stereocenters. The first-order chi connectivity index (χ1) is 9.42. The molecule has 0 bridgehead atoms. The van der Waals surface area contributed by atoms with Gasteiger partial charge in [0.2, 0.25) is 5.91 Å². The molecule has 4 fully saturated rings. The molecule has 4 atom stereocenters. The number of hydrogen-bond donors (Lipinski definition) is 1. The molecule has 1 spiro atoms. The molecule has 3 saturated carbocycles. The SMILES string of the molecule is N[C@@H]1C[C@@H]2CC(C(=O)N3CCC4(CC3)CC4(F)F)C[C@@H]21. The van der Waals surface area contributed by atoms with Crippen molar-refractivity contribution in [2.45, 2.75) is 50.5 Å². The summed E-state index contributed by atoms with van der Waals surface area (Å²) in [7, 11) is 0. The summed E-state index contributed by atoms with van der Waals surface area (Å²) >= 11 is 0. The van der Waals surface area contributed by atoms with Crippen LogP contribution in [-0.2, 0) is 4.79 Å². The van der Waals surface area contributed by atoms with Crippen molar-refractivity contribution in [2.24, 2.45) is 28.9 Å². The lowest BCUT2D eigenvalue weighted by atomic mass is 9.72. The third kappa shape index (κ3) is 1.68. The average Bonchev–Trinajstić information content (AvgIpc) is 2.78. The monoisotopic (exact) mass is 284 g/mol. The van der Waals surface area contributed by atoms with Crippen LogP contribution in [0, 0.1) is 23.2 Å². The zero-order valence-electron chi connectivity index (χ0n) is 11.7. The van der Waals surface area contributed by atoms with Crippen LogP contribution >= 0.6 is 0 Å². The van der Waals surface area contributed by atoms with Crippen LogP contribution in [-0.4, -0.2) is 35.9 Å². The van der Waals surface area contributed by atoms with Crippen molar-refractivity contribution >= 4 is 5.91 Å². The Morgan fingerprint density at radius 3 is 2.30 bits per heavy atom. The number of halogens is 2. The minimum absolute atomic E-state index is 0.0322. The smallest absolute Gasteiger partial charge is 0.254 e. The van der Waals surface area contributed by atoms with Crippen molar-refractivity contribution in [1.82, 2.24) is 4.90 Å². The van der Waals surface area contributed by atoms with Crippen LogP contribution in [0.15, 0.2) is 0 Å². The minimum atomic E-state index is -2.47. The fourth-order valence-electron chi connectivity index (χ4n) is 4.82. The third-order valence-corrected chi connectivity index (χ3v) is 6.47. The highest BCUT2D eigenvalue weighted by Gasteiger charge is 2.70. The number of alkyl halides is 2. The molecule has 0 aromatic heterocycles. The first-order valence-corrected chi connectivity index (χ1v) is 7.84. The number of hydrogen-bond acceptors (Lipinski definition) is 2. The maximum atomic E-state index is 13.3. The molecule has 0 aromatic rings. The summed E-state index contributed by atoms with van der Waals surface area (Å²) in [6, 6.07) is 0.285. The van der Waals surface area contributed by atoms with E-state index in [1.54, 1.807) is 0 Å². The summed E-state index contributed by atoms with van der Waals surface area (Å²) in [4.78, 5) is 14.4. The molecule has 0 aromatic carbocycles. The molecule has 20 heavy (non-hydrogen) atoms. The highest BCUT2D eigenvalue weighted by molar-refractivity contribution is 5.79. The Bertz CT molecular complexity index is 445. The number of carbonyl (C=O) groups is 1. The number of fused-ring (bicyclic) bond motifs is 1. The molecule has 2 N–H and O–H groups in total. The number of rotatable bonds is 1. The topological polar surface area (TPSA) is 46.3 Å². The Morgan fingerprint density at radius 1 is 1.15 bits per heavy atom. The van der Waals surface area contributed by atoms with Crippen LogP contribution in [0.4, 0.5) is 8.78 Å². The van der Waals surface area contributed by atoms with Gasteiger partial charge >= 0.3 is 0 Å². The standard InChI is InChI=1S/C15H22F2N2O/c16-15(17)8-14(15)1-3-19(4-2-14)13(20)10-5-9-7-12(18)11(9)6-10/h9-12H,1-8,18H2/t9-,10?,11-,12+/m0/s1. The van der Waals surface area contributed by atoms with E-state index in [-0.39, 0.29) is 24.3 Å². The number of nitrogens with two attached hydrogens (primary N) is 1. The van der Waals surface area contributed by atoms with Crippen LogP contribution in [0.5, 0.6) is 0 Å².